The van der Waals surface area contributed by atoms with E-state index < -0.39 is 0 Å². The van der Waals surface area contributed by atoms with Crippen molar-refractivity contribution < 1.29 is 9.47 Å². The Morgan fingerprint density at radius 2 is 2.35 bits per heavy atom. The van der Waals surface area contributed by atoms with Crippen molar-refractivity contribution in [2.24, 2.45) is 5.92 Å². The summed E-state index contributed by atoms with van der Waals surface area (Å²) in [4.78, 5) is 0. The molecule has 2 fully saturated rings. The first kappa shape index (κ1) is 11.2. The lowest BCUT2D eigenvalue weighted by Gasteiger charge is -2.28. The highest BCUT2D eigenvalue weighted by molar-refractivity contribution is 5.10. The van der Waals surface area contributed by atoms with Crippen molar-refractivity contribution in [3.05, 3.63) is 18.0 Å². The summed E-state index contributed by atoms with van der Waals surface area (Å²) in [7, 11) is 0. The minimum absolute atomic E-state index is 0.144. The first-order valence-electron chi connectivity index (χ1n) is 6.27. The molecule has 0 spiro atoms. The van der Waals surface area contributed by atoms with Gasteiger partial charge in [0.2, 0.25) is 0 Å². The third-order valence-electron chi connectivity index (χ3n) is 3.34. The summed E-state index contributed by atoms with van der Waals surface area (Å²) in [5.41, 5.74) is 1.17. The normalized spacial score (nSPS) is 30.2. The van der Waals surface area contributed by atoms with Crippen LogP contribution in [0.1, 0.15) is 18.6 Å². The van der Waals surface area contributed by atoms with Gasteiger partial charge in [0.05, 0.1) is 31.6 Å². The first-order valence-corrected chi connectivity index (χ1v) is 6.27. The van der Waals surface area contributed by atoms with Crippen LogP contribution in [-0.4, -0.2) is 42.2 Å². The fourth-order valence-electron chi connectivity index (χ4n) is 2.29. The number of hydrogen-bond acceptors (Lipinski definition) is 4. The summed E-state index contributed by atoms with van der Waals surface area (Å²) in [6.07, 6.45) is 4.44. The highest BCUT2D eigenvalue weighted by Gasteiger charge is 2.23. The molecular formula is C12H19N3O2. The van der Waals surface area contributed by atoms with Gasteiger partial charge in [-0.25, -0.2) is 0 Å². The van der Waals surface area contributed by atoms with Gasteiger partial charge in [-0.05, 0) is 6.92 Å². The summed E-state index contributed by atoms with van der Waals surface area (Å²) in [6, 6.07) is 0. The van der Waals surface area contributed by atoms with Gasteiger partial charge >= 0.3 is 0 Å². The van der Waals surface area contributed by atoms with Crippen molar-refractivity contribution in [2.45, 2.75) is 25.7 Å². The zero-order valence-corrected chi connectivity index (χ0v) is 10.1. The van der Waals surface area contributed by atoms with E-state index in [1.807, 2.05) is 10.9 Å². The zero-order chi connectivity index (χ0) is 11.7. The summed E-state index contributed by atoms with van der Waals surface area (Å²) < 4.78 is 13.1. The van der Waals surface area contributed by atoms with Crippen LogP contribution in [0.4, 0.5) is 0 Å². The van der Waals surface area contributed by atoms with E-state index in [4.69, 9.17) is 9.47 Å². The SMILES string of the molecule is CC1CNCC(c2cnn(CC3COC3)c2)O1. The molecule has 2 aliphatic heterocycles. The Bertz CT molecular complexity index is 376. The molecule has 0 bridgehead atoms. The van der Waals surface area contributed by atoms with Crippen molar-refractivity contribution in [3.63, 3.8) is 0 Å². The molecule has 94 valence electrons. The summed E-state index contributed by atoms with van der Waals surface area (Å²) in [5, 5.41) is 7.76. The number of aromatic nitrogens is 2. The smallest absolute Gasteiger partial charge is 0.0983 e. The van der Waals surface area contributed by atoms with Gasteiger partial charge in [0.1, 0.15) is 0 Å². The van der Waals surface area contributed by atoms with E-state index >= 15 is 0 Å². The van der Waals surface area contributed by atoms with Crippen molar-refractivity contribution >= 4 is 0 Å². The average molecular weight is 237 g/mol. The maximum Gasteiger partial charge on any atom is 0.0983 e. The molecule has 17 heavy (non-hydrogen) atoms. The van der Waals surface area contributed by atoms with Crippen molar-refractivity contribution in [1.82, 2.24) is 15.1 Å². The van der Waals surface area contributed by atoms with E-state index in [2.05, 4.69) is 23.5 Å². The number of morpholine rings is 1. The van der Waals surface area contributed by atoms with E-state index in [0.717, 1.165) is 32.8 Å². The topological polar surface area (TPSA) is 48.3 Å². The Labute approximate surface area is 101 Å². The van der Waals surface area contributed by atoms with E-state index in [1.165, 1.54) is 5.56 Å². The van der Waals surface area contributed by atoms with Gasteiger partial charge in [0, 0.05) is 37.3 Å². The van der Waals surface area contributed by atoms with Crippen LogP contribution in [0.5, 0.6) is 0 Å². The molecule has 2 atom stereocenters. The molecule has 5 nitrogen and oxygen atoms in total. The Kier molecular flexibility index (Phi) is 3.13. The Balaban J connectivity index is 1.62. The summed E-state index contributed by atoms with van der Waals surface area (Å²) >= 11 is 0. The lowest BCUT2D eigenvalue weighted by atomic mass is 10.1. The highest BCUT2D eigenvalue weighted by atomic mass is 16.5. The maximum atomic E-state index is 5.89. The molecule has 0 saturated carbocycles. The number of ether oxygens (including phenoxy) is 2. The quantitative estimate of drug-likeness (QED) is 0.835. The molecular weight excluding hydrogens is 218 g/mol. The molecule has 0 amide bonds. The molecule has 5 heteroatoms. The largest absolute Gasteiger partial charge is 0.381 e. The molecule has 3 heterocycles. The van der Waals surface area contributed by atoms with Crippen molar-refractivity contribution in [1.29, 1.82) is 0 Å². The highest BCUT2D eigenvalue weighted by Crippen LogP contribution is 2.21. The molecule has 2 unspecified atom stereocenters. The van der Waals surface area contributed by atoms with Gasteiger partial charge < -0.3 is 14.8 Å². The molecule has 1 aromatic rings. The van der Waals surface area contributed by atoms with E-state index in [-0.39, 0.29) is 12.2 Å². The second-order valence-corrected chi connectivity index (χ2v) is 4.99. The van der Waals surface area contributed by atoms with Crippen LogP contribution in [0.25, 0.3) is 0 Å². The Morgan fingerprint density at radius 1 is 1.47 bits per heavy atom. The molecule has 0 aliphatic carbocycles. The fourth-order valence-corrected chi connectivity index (χ4v) is 2.29. The van der Waals surface area contributed by atoms with Crippen LogP contribution < -0.4 is 5.32 Å². The number of nitrogens with zero attached hydrogens (tertiary/aromatic N) is 2. The van der Waals surface area contributed by atoms with Crippen LogP contribution in [0.15, 0.2) is 12.4 Å². The van der Waals surface area contributed by atoms with E-state index in [1.54, 1.807) is 0 Å². The lowest BCUT2D eigenvalue weighted by molar-refractivity contribution is -0.0411. The molecule has 3 rings (SSSR count). The third kappa shape index (κ3) is 2.51. The predicted octanol–water partition coefficient (Wildman–Crippen LogP) is 0.579. The maximum absolute atomic E-state index is 5.89. The van der Waals surface area contributed by atoms with Gasteiger partial charge in [-0.3, -0.25) is 4.68 Å². The van der Waals surface area contributed by atoms with E-state index in [0.29, 0.717) is 5.92 Å². The second kappa shape index (κ2) is 4.76. The van der Waals surface area contributed by atoms with E-state index in [9.17, 15) is 0 Å². The van der Waals surface area contributed by atoms with Crippen LogP contribution in [0.3, 0.4) is 0 Å². The summed E-state index contributed by atoms with van der Waals surface area (Å²) in [6.45, 7) is 6.60. The van der Waals surface area contributed by atoms with Crippen LogP contribution in [-0.2, 0) is 16.0 Å². The minimum Gasteiger partial charge on any atom is -0.381 e. The predicted molar refractivity (Wildman–Crippen MR) is 62.7 cm³/mol. The van der Waals surface area contributed by atoms with Gasteiger partial charge in [-0.15, -0.1) is 0 Å². The van der Waals surface area contributed by atoms with Gasteiger partial charge in [-0.2, -0.15) is 5.10 Å². The number of rotatable bonds is 3. The number of nitrogens with one attached hydrogen (secondary N) is 1. The van der Waals surface area contributed by atoms with Crippen LogP contribution >= 0.6 is 0 Å². The van der Waals surface area contributed by atoms with Crippen molar-refractivity contribution in [2.75, 3.05) is 26.3 Å². The van der Waals surface area contributed by atoms with Crippen LogP contribution in [0.2, 0.25) is 0 Å². The van der Waals surface area contributed by atoms with Gasteiger partial charge in [-0.1, -0.05) is 0 Å². The molecule has 2 saturated heterocycles. The zero-order valence-electron chi connectivity index (χ0n) is 10.1. The lowest BCUT2D eigenvalue weighted by Crippen LogP contribution is -2.38. The fraction of sp³-hybridized carbons (Fsp3) is 0.750. The second-order valence-electron chi connectivity index (χ2n) is 4.99. The Morgan fingerprint density at radius 3 is 3.06 bits per heavy atom. The van der Waals surface area contributed by atoms with Crippen molar-refractivity contribution in [3.8, 4) is 0 Å². The molecule has 1 N–H and O–H groups in total. The monoisotopic (exact) mass is 237 g/mol. The summed E-state index contributed by atoms with van der Waals surface area (Å²) in [5.74, 6) is 0.632. The third-order valence-corrected chi connectivity index (χ3v) is 3.34. The standard InChI is InChI=1S/C12H19N3O2/c1-9-2-13-4-12(17-9)11-3-14-15(6-11)5-10-7-16-8-10/h3,6,9-10,12-13H,2,4-5,7-8H2,1H3. The minimum atomic E-state index is 0.144. The molecule has 0 radical (unpaired) electrons. The van der Waals surface area contributed by atoms with Gasteiger partial charge in [0.25, 0.3) is 0 Å². The molecule has 1 aromatic heterocycles. The van der Waals surface area contributed by atoms with Gasteiger partial charge in [0.15, 0.2) is 0 Å². The average Bonchev–Trinajstić information content (AvgIpc) is 2.72. The Hall–Kier alpha value is -0.910. The molecule has 0 aromatic carbocycles. The first-order chi connectivity index (χ1) is 8.31. The number of hydrogen-bond donors (Lipinski definition) is 1. The molecule has 2 aliphatic rings. The van der Waals surface area contributed by atoms with Crippen LogP contribution in [0, 0.1) is 5.92 Å².